The van der Waals surface area contributed by atoms with Crippen molar-refractivity contribution in [2.45, 2.75) is 31.5 Å². The number of nitrogens with one attached hydrogen (secondary N) is 1. The number of halogens is 1. The van der Waals surface area contributed by atoms with Gasteiger partial charge in [0.1, 0.15) is 5.67 Å². The lowest BCUT2D eigenvalue weighted by Crippen LogP contribution is -2.25. The second kappa shape index (κ2) is 2.84. The Morgan fingerprint density at radius 1 is 1.80 bits per heavy atom. The van der Waals surface area contributed by atoms with E-state index < -0.39 is 5.67 Å². The zero-order valence-electron chi connectivity index (χ0n) is 6.23. The van der Waals surface area contributed by atoms with Gasteiger partial charge < -0.3 is 10.4 Å². The molecule has 0 aromatic rings. The van der Waals surface area contributed by atoms with E-state index in [2.05, 4.69) is 5.32 Å². The number of alkyl halides is 1. The smallest absolute Gasteiger partial charge is 0.124 e. The fourth-order valence-electron chi connectivity index (χ4n) is 1.31. The van der Waals surface area contributed by atoms with E-state index >= 15 is 0 Å². The summed E-state index contributed by atoms with van der Waals surface area (Å²) < 4.78 is 13.3. The molecule has 2 nitrogen and oxygen atoms in total. The van der Waals surface area contributed by atoms with Crippen LogP contribution < -0.4 is 5.32 Å². The molecular weight excluding hydrogens is 133 g/mol. The lowest BCUT2D eigenvalue weighted by atomic mass is 10.00. The first-order valence-corrected chi connectivity index (χ1v) is 3.73. The van der Waals surface area contributed by atoms with Crippen LogP contribution in [0.2, 0.25) is 0 Å². The molecule has 10 heavy (non-hydrogen) atoms. The maximum absolute atomic E-state index is 13.3. The Kier molecular flexibility index (Phi) is 2.26. The Bertz CT molecular complexity index is 120. The summed E-state index contributed by atoms with van der Waals surface area (Å²) in [7, 11) is 0. The molecule has 0 aliphatic carbocycles. The van der Waals surface area contributed by atoms with E-state index in [-0.39, 0.29) is 12.6 Å². The molecule has 0 aromatic heterocycles. The van der Waals surface area contributed by atoms with Gasteiger partial charge in [-0.1, -0.05) is 6.92 Å². The first-order valence-electron chi connectivity index (χ1n) is 3.73. The molecule has 1 aliphatic rings. The number of aliphatic hydroxyl groups is 1. The predicted octanol–water partition coefficient (Wildman–Crippen LogP) is 0.459. The lowest BCUT2D eigenvalue weighted by molar-refractivity contribution is 0.170. The van der Waals surface area contributed by atoms with Crippen LogP contribution in [0.25, 0.3) is 0 Å². The van der Waals surface area contributed by atoms with Crippen molar-refractivity contribution >= 4 is 0 Å². The predicted molar refractivity (Wildman–Crippen MR) is 37.6 cm³/mol. The van der Waals surface area contributed by atoms with Crippen molar-refractivity contribution in [2.24, 2.45) is 0 Å². The van der Waals surface area contributed by atoms with Gasteiger partial charge in [-0.3, -0.25) is 0 Å². The fraction of sp³-hybridized carbons (Fsp3) is 1.00. The molecule has 2 atom stereocenters. The molecule has 2 N–H and O–H groups in total. The molecule has 0 aromatic carbocycles. The highest BCUT2D eigenvalue weighted by atomic mass is 19.1. The fourth-order valence-corrected chi connectivity index (χ4v) is 1.31. The second-order valence-electron chi connectivity index (χ2n) is 2.97. The summed E-state index contributed by atoms with van der Waals surface area (Å²) in [5.74, 6) is 0. The van der Waals surface area contributed by atoms with Crippen LogP contribution in [0.4, 0.5) is 4.39 Å². The monoisotopic (exact) mass is 147 g/mol. The maximum Gasteiger partial charge on any atom is 0.124 e. The Labute approximate surface area is 60.4 Å². The van der Waals surface area contributed by atoms with Gasteiger partial charge in [-0.15, -0.1) is 0 Å². The average molecular weight is 147 g/mol. The van der Waals surface area contributed by atoms with Crippen molar-refractivity contribution in [3.63, 3.8) is 0 Å². The minimum atomic E-state index is -1.06. The van der Waals surface area contributed by atoms with Gasteiger partial charge in [0.2, 0.25) is 0 Å². The summed E-state index contributed by atoms with van der Waals surface area (Å²) in [6.07, 6.45) is 0.997. The summed E-state index contributed by atoms with van der Waals surface area (Å²) in [6.45, 7) is 2.28. The van der Waals surface area contributed by atoms with E-state index in [0.717, 1.165) is 0 Å². The molecular formula is C7H14FNO. The third-order valence-corrected chi connectivity index (χ3v) is 2.17. The highest BCUT2D eigenvalue weighted by molar-refractivity contribution is 4.93. The highest BCUT2D eigenvalue weighted by Gasteiger charge is 2.36. The Hall–Kier alpha value is -0.150. The van der Waals surface area contributed by atoms with Crippen LogP contribution in [-0.4, -0.2) is 30.0 Å². The molecule has 0 spiro atoms. The van der Waals surface area contributed by atoms with Gasteiger partial charge >= 0.3 is 0 Å². The zero-order valence-corrected chi connectivity index (χ0v) is 6.23. The second-order valence-corrected chi connectivity index (χ2v) is 2.97. The zero-order chi connectivity index (χ0) is 7.61. The summed E-state index contributed by atoms with van der Waals surface area (Å²) in [6, 6.07) is -0.0232. The minimum Gasteiger partial charge on any atom is -0.395 e. The van der Waals surface area contributed by atoms with Crippen molar-refractivity contribution in [3.05, 3.63) is 0 Å². The van der Waals surface area contributed by atoms with Crippen molar-refractivity contribution in [1.29, 1.82) is 0 Å². The molecule has 1 rings (SSSR count). The van der Waals surface area contributed by atoms with Gasteiger partial charge in [0, 0.05) is 19.0 Å². The SMILES string of the molecule is CC[C@]1(F)CN[C@H](CO)C1. The molecule has 0 bridgehead atoms. The van der Waals surface area contributed by atoms with E-state index in [0.29, 0.717) is 19.4 Å². The number of hydrogen-bond acceptors (Lipinski definition) is 2. The topological polar surface area (TPSA) is 32.3 Å². The molecule has 1 saturated heterocycles. The Morgan fingerprint density at radius 3 is 2.80 bits per heavy atom. The van der Waals surface area contributed by atoms with Gasteiger partial charge in [-0.25, -0.2) is 4.39 Å². The standard InChI is InChI=1S/C7H14FNO/c1-2-7(8)3-6(4-10)9-5-7/h6,9-10H,2-5H2,1H3/t6-,7+/m0/s1. The largest absolute Gasteiger partial charge is 0.395 e. The van der Waals surface area contributed by atoms with Crippen LogP contribution in [-0.2, 0) is 0 Å². The first kappa shape index (κ1) is 7.95. The Morgan fingerprint density at radius 2 is 2.50 bits per heavy atom. The summed E-state index contributed by atoms with van der Waals surface area (Å²) in [4.78, 5) is 0. The number of aliphatic hydroxyl groups excluding tert-OH is 1. The van der Waals surface area contributed by atoms with Crippen molar-refractivity contribution in [3.8, 4) is 0 Å². The molecule has 1 heterocycles. The molecule has 1 fully saturated rings. The van der Waals surface area contributed by atoms with Crippen molar-refractivity contribution < 1.29 is 9.50 Å². The van der Waals surface area contributed by atoms with Crippen molar-refractivity contribution in [1.82, 2.24) is 5.32 Å². The molecule has 3 heteroatoms. The van der Waals surface area contributed by atoms with Crippen LogP contribution >= 0.6 is 0 Å². The molecule has 0 saturated carbocycles. The van der Waals surface area contributed by atoms with E-state index in [1.54, 1.807) is 0 Å². The van der Waals surface area contributed by atoms with Gasteiger partial charge in [0.25, 0.3) is 0 Å². The average Bonchev–Trinajstić information content (AvgIpc) is 2.33. The highest BCUT2D eigenvalue weighted by Crippen LogP contribution is 2.26. The molecule has 0 amide bonds. The number of rotatable bonds is 2. The van der Waals surface area contributed by atoms with Crippen LogP contribution in [0.1, 0.15) is 19.8 Å². The quantitative estimate of drug-likeness (QED) is 0.594. The third kappa shape index (κ3) is 1.47. The van der Waals surface area contributed by atoms with Crippen LogP contribution in [0, 0.1) is 0 Å². The first-order chi connectivity index (χ1) is 4.70. The lowest BCUT2D eigenvalue weighted by Gasteiger charge is -2.14. The maximum atomic E-state index is 13.3. The van der Waals surface area contributed by atoms with Crippen molar-refractivity contribution in [2.75, 3.05) is 13.2 Å². The molecule has 60 valence electrons. The normalized spacial score (nSPS) is 40.5. The van der Waals surface area contributed by atoms with E-state index in [9.17, 15) is 4.39 Å². The van der Waals surface area contributed by atoms with Crippen LogP contribution in [0.5, 0.6) is 0 Å². The minimum absolute atomic E-state index is 0.0232. The summed E-state index contributed by atoms with van der Waals surface area (Å²) in [5, 5.41) is 11.6. The van der Waals surface area contributed by atoms with Gasteiger partial charge in [0.05, 0.1) is 6.61 Å². The molecule has 0 unspecified atom stereocenters. The van der Waals surface area contributed by atoms with Gasteiger partial charge in [-0.05, 0) is 6.42 Å². The summed E-state index contributed by atoms with van der Waals surface area (Å²) >= 11 is 0. The van der Waals surface area contributed by atoms with Crippen LogP contribution in [0.15, 0.2) is 0 Å². The summed E-state index contributed by atoms with van der Waals surface area (Å²) in [5.41, 5.74) is -1.06. The molecule has 0 radical (unpaired) electrons. The van der Waals surface area contributed by atoms with E-state index in [1.165, 1.54) is 0 Å². The third-order valence-electron chi connectivity index (χ3n) is 2.17. The number of hydrogen-bond donors (Lipinski definition) is 2. The van der Waals surface area contributed by atoms with E-state index in [1.807, 2.05) is 6.92 Å². The van der Waals surface area contributed by atoms with Gasteiger partial charge in [0.15, 0.2) is 0 Å². The van der Waals surface area contributed by atoms with Crippen LogP contribution in [0.3, 0.4) is 0 Å². The van der Waals surface area contributed by atoms with Gasteiger partial charge in [-0.2, -0.15) is 0 Å². The Balaban J connectivity index is 2.41. The van der Waals surface area contributed by atoms with E-state index in [4.69, 9.17) is 5.11 Å². The molecule has 1 aliphatic heterocycles.